The minimum absolute atomic E-state index is 0.453. The van der Waals surface area contributed by atoms with E-state index in [1.807, 2.05) is 0 Å². The lowest BCUT2D eigenvalue weighted by Gasteiger charge is -2.50. The first-order valence-electron chi connectivity index (χ1n) is 9.03. The van der Waals surface area contributed by atoms with E-state index in [1.165, 1.54) is 13.8 Å². The molecule has 0 aromatic carbocycles. The molecule has 184 valence electrons. The summed E-state index contributed by atoms with van der Waals surface area (Å²) in [5.41, 5.74) is -3.60. The SMILES string of the molecule is C=CC(=O)OC(O)C(CO)(C(O)(OC(=O)C=C)OC(=O)C=C)C(O)(OC(=O)C=C)OC(C)C. The van der Waals surface area contributed by atoms with Crippen LogP contribution in [0.3, 0.4) is 0 Å². The number of rotatable bonds is 14. The largest absolute Gasteiger partial charge is 0.431 e. The highest BCUT2D eigenvalue weighted by atomic mass is 16.9. The molecule has 0 aliphatic rings. The Kier molecular flexibility index (Phi) is 10.8. The van der Waals surface area contributed by atoms with Crippen LogP contribution in [0.1, 0.15) is 13.8 Å². The van der Waals surface area contributed by atoms with E-state index in [1.54, 1.807) is 0 Å². The van der Waals surface area contributed by atoms with Crippen LogP contribution < -0.4 is 0 Å². The van der Waals surface area contributed by atoms with Crippen molar-refractivity contribution >= 4 is 23.9 Å². The van der Waals surface area contributed by atoms with Gasteiger partial charge >= 0.3 is 35.8 Å². The van der Waals surface area contributed by atoms with Crippen molar-refractivity contribution in [2.24, 2.45) is 5.41 Å². The molecule has 0 spiro atoms. The molecule has 0 aromatic rings. The predicted octanol–water partition coefficient (Wildman–Crippen LogP) is -1.08. The molecule has 0 fully saturated rings. The maximum absolute atomic E-state index is 12.0. The Labute approximate surface area is 188 Å². The van der Waals surface area contributed by atoms with Crippen LogP contribution >= 0.6 is 0 Å². The van der Waals surface area contributed by atoms with Gasteiger partial charge in [0.15, 0.2) is 0 Å². The summed E-state index contributed by atoms with van der Waals surface area (Å²) in [6.07, 6.45) is -2.17. The van der Waals surface area contributed by atoms with Crippen molar-refractivity contribution in [2.45, 2.75) is 38.2 Å². The summed E-state index contributed by atoms with van der Waals surface area (Å²) in [5, 5.41) is 43.3. The van der Waals surface area contributed by atoms with E-state index in [0.717, 1.165) is 0 Å². The first kappa shape index (κ1) is 29.6. The van der Waals surface area contributed by atoms with Gasteiger partial charge < -0.3 is 44.1 Å². The highest BCUT2D eigenvalue weighted by molar-refractivity contribution is 5.84. The van der Waals surface area contributed by atoms with Gasteiger partial charge in [-0.25, -0.2) is 19.2 Å². The third-order valence-corrected chi connectivity index (χ3v) is 3.81. The normalized spacial score (nSPS) is 15.6. The lowest BCUT2D eigenvalue weighted by Crippen LogP contribution is -2.74. The Bertz CT molecular complexity index is 780. The summed E-state index contributed by atoms with van der Waals surface area (Å²) in [4.78, 5) is 47.6. The Morgan fingerprint density at radius 3 is 1.45 bits per heavy atom. The van der Waals surface area contributed by atoms with E-state index in [9.17, 15) is 39.6 Å². The maximum Gasteiger partial charge on any atom is 0.398 e. The number of aliphatic hydroxyl groups excluding tert-OH is 2. The van der Waals surface area contributed by atoms with Crippen LogP contribution in [0.5, 0.6) is 0 Å². The Morgan fingerprint density at radius 1 is 0.788 bits per heavy atom. The molecular formula is C20H26O13. The molecular weight excluding hydrogens is 448 g/mol. The second kappa shape index (κ2) is 12.0. The number of hydrogen-bond acceptors (Lipinski definition) is 13. The van der Waals surface area contributed by atoms with E-state index in [0.29, 0.717) is 24.3 Å². The first-order valence-corrected chi connectivity index (χ1v) is 9.03. The average molecular weight is 474 g/mol. The van der Waals surface area contributed by atoms with E-state index < -0.39 is 60.2 Å². The molecule has 3 unspecified atom stereocenters. The first-order chi connectivity index (χ1) is 15.2. The van der Waals surface area contributed by atoms with Crippen LogP contribution in [-0.4, -0.2) is 75.3 Å². The molecule has 3 atom stereocenters. The zero-order valence-electron chi connectivity index (χ0n) is 18.0. The fourth-order valence-electron chi connectivity index (χ4n) is 2.33. The Balaban J connectivity index is 7.44. The summed E-state index contributed by atoms with van der Waals surface area (Å²) < 4.78 is 23.6. The van der Waals surface area contributed by atoms with Gasteiger partial charge in [0, 0.05) is 24.3 Å². The molecule has 0 saturated heterocycles. The molecule has 0 aliphatic carbocycles. The smallest absolute Gasteiger partial charge is 0.398 e. The monoisotopic (exact) mass is 474 g/mol. The topological polar surface area (TPSA) is 195 Å². The zero-order chi connectivity index (χ0) is 26.0. The predicted molar refractivity (Wildman–Crippen MR) is 107 cm³/mol. The standard InChI is InChI=1S/C20H26O13/c1-7-13(22)29-17(26)18(11-21,19(27,30-12(5)6)31-14(23)8-2)20(28,32-15(24)9-3)33-16(25)10-4/h7-10,12,17,21,26-28H,1-4,11H2,5-6H3. The molecule has 0 aliphatic heterocycles. The molecule has 4 N–H and O–H groups in total. The van der Waals surface area contributed by atoms with Crippen LogP contribution in [0.2, 0.25) is 0 Å². The summed E-state index contributed by atoms with van der Waals surface area (Å²) in [6.45, 7) is 13.1. The molecule has 0 bridgehead atoms. The van der Waals surface area contributed by atoms with Gasteiger partial charge in [-0.05, 0) is 13.8 Å². The minimum atomic E-state index is -3.97. The van der Waals surface area contributed by atoms with Crippen LogP contribution in [0, 0.1) is 5.41 Å². The van der Waals surface area contributed by atoms with Crippen LogP contribution in [0.4, 0.5) is 0 Å². The molecule has 0 radical (unpaired) electrons. The maximum atomic E-state index is 12.0. The number of carbonyl (C=O) groups excluding carboxylic acids is 4. The van der Waals surface area contributed by atoms with Gasteiger partial charge in [0.05, 0.1) is 12.7 Å². The lowest BCUT2D eigenvalue weighted by molar-refractivity contribution is -0.517. The zero-order valence-corrected chi connectivity index (χ0v) is 18.0. The van der Waals surface area contributed by atoms with Crippen LogP contribution in [-0.2, 0) is 42.9 Å². The number of ether oxygens (including phenoxy) is 5. The molecule has 0 amide bonds. The fourth-order valence-corrected chi connectivity index (χ4v) is 2.33. The summed E-state index contributed by atoms with van der Waals surface area (Å²) in [5.74, 6) is -13.7. The number of aliphatic hydroxyl groups is 4. The molecule has 0 heterocycles. The molecule has 13 heteroatoms. The quantitative estimate of drug-likeness (QED) is 0.103. The third-order valence-electron chi connectivity index (χ3n) is 3.81. The van der Waals surface area contributed by atoms with Gasteiger partial charge in [-0.2, -0.15) is 0 Å². The average Bonchev–Trinajstić information content (AvgIpc) is 2.72. The summed E-state index contributed by atoms with van der Waals surface area (Å²) in [7, 11) is 0. The molecule has 0 saturated carbocycles. The van der Waals surface area contributed by atoms with Gasteiger partial charge in [-0.3, -0.25) is 0 Å². The van der Waals surface area contributed by atoms with Gasteiger partial charge in [-0.15, -0.1) is 0 Å². The van der Waals surface area contributed by atoms with Crippen molar-refractivity contribution in [1.82, 2.24) is 0 Å². The summed E-state index contributed by atoms with van der Waals surface area (Å²) >= 11 is 0. The van der Waals surface area contributed by atoms with Crippen molar-refractivity contribution in [3.63, 3.8) is 0 Å². The van der Waals surface area contributed by atoms with Crippen LogP contribution in [0.25, 0.3) is 0 Å². The number of esters is 4. The number of hydrogen-bond donors (Lipinski definition) is 4. The van der Waals surface area contributed by atoms with Crippen molar-refractivity contribution < 1.29 is 63.3 Å². The molecule has 0 aromatic heterocycles. The van der Waals surface area contributed by atoms with E-state index in [2.05, 4.69) is 40.5 Å². The second-order valence-electron chi connectivity index (χ2n) is 6.33. The highest BCUT2D eigenvalue weighted by Crippen LogP contribution is 2.49. The molecule has 0 rings (SSSR count). The summed E-state index contributed by atoms with van der Waals surface area (Å²) in [6, 6.07) is 0. The van der Waals surface area contributed by atoms with Gasteiger partial charge in [0.1, 0.15) is 0 Å². The Hall–Kier alpha value is -3.36. The van der Waals surface area contributed by atoms with Crippen molar-refractivity contribution in [3.8, 4) is 0 Å². The van der Waals surface area contributed by atoms with Gasteiger partial charge in [-0.1, -0.05) is 26.3 Å². The third kappa shape index (κ3) is 6.57. The molecule has 13 nitrogen and oxygen atoms in total. The van der Waals surface area contributed by atoms with Gasteiger partial charge in [0.2, 0.25) is 6.29 Å². The lowest BCUT2D eigenvalue weighted by atomic mass is 9.80. The van der Waals surface area contributed by atoms with Crippen LogP contribution in [0.15, 0.2) is 50.6 Å². The van der Waals surface area contributed by atoms with Crippen molar-refractivity contribution in [2.75, 3.05) is 6.61 Å². The van der Waals surface area contributed by atoms with Gasteiger partial charge in [0.25, 0.3) is 5.41 Å². The Morgan fingerprint density at radius 2 is 1.15 bits per heavy atom. The van der Waals surface area contributed by atoms with Crippen molar-refractivity contribution in [1.29, 1.82) is 0 Å². The highest BCUT2D eigenvalue weighted by Gasteiger charge is 2.77. The second-order valence-corrected chi connectivity index (χ2v) is 6.33. The molecule has 33 heavy (non-hydrogen) atoms. The van der Waals surface area contributed by atoms with E-state index >= 15 is 0 Å². The van der Waals surface area contributed by atoms with E-state index in [4.69, 9.17) is 9.47 Å². The van der Waals surface area contributed by atoms with Crippen molar-refractivity contribution in [3.05, 3.63) is 50.6 Å². The minimum Gasteiger partial charge on any atom is -0.431 e. The fraction of sp³-hybridized carbons (Fsp3) is 0.400. The number of carbonyl (C=O) groups is 4. The van der Waals surface area contributed by atoms with E-state index in [-0.39, 0.29) is 0 Å².